The number of fused-ring (bicyclic) bond motifs is 2. The molecule has 3 aromatic rings. The van der Waals surface area contributed by atoms with Gasteiger partial charge in [0.05, 0.1) is 17.5 Å². The van der Waals surface area contributed by atoms with E-state index in [0.29, 0.717) is 34.0 Å². The fourth-order valence-electron chi connectivity index (χ4n) is 3.06. The zero-order chi connectivity index (χ0) is 19.3. The normalized spacial score (nSPS) is 15.9. The number of ether oxygens (including phenoxy) is 2. The lowest BCUT2D eigenvalue weighted by atomic mass is 10.1. The van der Waals surface area contributed by atoms with Gasteiger partial charge in [-0.1, -0.05) is 0 Å². The zero-order valence-corrected chi connectivity index (χ0v) is 14.1. The number of pyridine rings is 1. The van der Waals surface area contributed by atoms with Crippen molar-refractivity contribution in [1.82, 2.24) is 10.3 Å². The van der Waals surface area contributed by atoms with Crippen LogP contribution >= 0.6 is 0 Å². The summed E-state index contributed by atoms with van der Waals surface area (Å²) in [6, 6.07) is 7.97. The maximum Gasteiger partial charge on any atom is 0.586 e. The highest BCUT2D eigenvalue weighted by Crippen LogP contribution is 2.45. The van der Waals surface area contributed by atoms with E-state index in [1.54, 1.807) is 24.4 Å². The molecule has 1 amide bonds. The molecule has 28 heavy (non-hydrogen) atoms. The van der Waals surface area contributed by atoms with E-state index in [1.807, 2.05) is 0 Å². The fourth-order valence-corrected chi connectivity index (χ4v) is 3.06. The van der Waals surface area contributed by atoms with E-state index in [2.05, 4.69) is 24.8 Å². The first-order chi connectivity index (χ1) is 13.5. The van der Waals surface area contributed by atoms with Crippen LogP contribution in [0.1, 0.15) is 15.9 Å². The number of aliphatic imine (C=N–C) groups is 1. The van der Waals surface area contributed by atoms with Crippen LogP contribution in [0.2, 0.25) is 0 Å². The maximum atomic E-state index is 13.1. The van der Waals surface area contributed by atoms with Crippen molar-refractivity contribution < 1.29 is 27.5 Å². The minimum atomic E-state index is -3.68. The molecule has 2 aliphatic rings. The molecule has 0 unspecified atom stereocenters. The van der Waals surface area contributed by atoms with E-state index in [9.17, 15) is 13.6 Å². The van der Waals surface area contributed by atoms with Crippen LogP contribution in [0.4, 0.5) is 14.5 Å². The summed E-state index contributed by atoms with van der Waals surface area (Å²) < 4.78 is 40.5. The fraction of sp³-hybridized carbons (Fsp3) is 0.105. The van der Waals surface area contributed by atoms with Gasteiger partial charge in [0, 0.05) is 30.4 Å². The van der Waals surface area contributed by atoms with Gasteiger partial charge in [-0.15, -0.1) is 8.78 Å². The number of furan rings is 1. The van der Waals surface area contributed by atoms with Crippen molar-refractivity contribution in [3.05, 3.63) is 60.1 Å². The molecular weight excluding hydrogens is 372 g/mol. The first-order valence-electron chi connectivity index (χ1n) is 8.27. The quantitative estimate of drug-likeness (QED) is 0.730. The van der Waals surface area contributed by atoms with Crippen LogP contribution in [0.5, 0.6) is 11.5 Å². The summed E-state index contributed by atoms with van der Waals surface area (Å²) >= 11 is 0. The van der Waals surface area contributed by atoms with Crippen molar-refractivity contribution in [3.63, 3.8) is 0 Å². The van der Waals surface area contributed by atoms with Crippen LogP contribution in [0, 0.1) is 0 Å². The lowest BCUT2D eigenvalue weighted by Crippen LogP contribution is -2.30. The van der Waals surface area contributed by atoms with Crippen LogP contribution in [0.3, 0.4) is 0 Å². The number of amides is 1. The molecular formula is C19H11F2N3O4. The van der Waals surface area contributed by atoms with E-state index >= 15 is 0 Å². The van der Waals surface area contributed by atoms with Gasteiger partial charge in [0.15, 0.2) is 11.5 Å². The number of rotatable bonds is 2. The van der Waals surface area contributed by atoms with E-state index in [0.717, 1.165) is 0 Å². The molecule has 7 nitrogen and oxygen atoms in total. The molecule has 2 aromatic heterocycles. The molecule has 1 aromatic carbocycles. The van der Waals surface area contributed by atoms with E-state index in [4.69, 9.17) is 4.42 Å². The Morgan fingerprint density at radius 3 is 2.75 bits per heavy atom. The largest absolute Gasteiger partial charge is 0.586 e. The first-order valence-corrected chi connectivity index (χ1v) is 8.27. The monoisotopic (exact) mass is 383 g/mol. The molecule has 0 aliphatic carbocycles. The van der Waals surface area contributed by atoms with Gasteiger partial charge in [0.2, 0.25) is 0 Å². The Labute approximate surface area is 156 Å². The molecule has 0 bridgehead atoms. The van der Waals surface area contributed by atoms with E-state index < -0.39 is 6.29 Å². The minimum absolute atomic E-state index is 0.0538. The first kappa shape index (κ1) is 16.4. The number of carbonyl (C=O) groups is 1. The molecule has 0 atom stereocenters. The molecule has 0 radical (unpaired) electrons. The summed E-state index contributed by atoms with van der Waals surface area (Å²) in [5, 5.41) is 2.72. The molecule has 4 heterocycles. The van der Waals surface area contributed by atoms with Gasteiger partial charge in [0.25, 0.3) is 5.91 Å². The number of aromatic nitrogens is 1. The Balaban J connectivity index is 1.34. The van der Waals surface area contributed by atoms with Crippen molar-refractivity contribution in [3.8, 4) is 22.8 Å². The lowest BCUT2D eigenvalue weighted by Gasteiger charge is -2.05. The Kier molecular flexibility index (Phi) is 3.45. The third kappa shape index (κ3) is 2.86. The van der Waals surface area contributed by atoms with Gasteiger partial charge in [-0.05, 0) is 29.8 Å². The Morgan fingerprint density at radius 2 is 1.96 bits per heavy atom. The number of halogens is 2. The highest BCUT2D eigenvalue weighted by molar-refractivity contribution is 6.09. The average molecular weight is 383 g/mol. The summed E-state index contributed by atoms with van der Waals surface area (Å²) in [6.45, 7) is 0. The molecule has 0 saturated heterocycles. The van der Waals surface area contributed by atoms with Gasteiger partial charge in [-0.25, -0.2) is 4.99 Å². The second-order valence-electron chi connectivity index (χ2n) is 6.22. The Hall–Kier alpha value is -3.75. The Bertz CT molecular complexity index is 1130. The molecule has 0 saturated carbocycles. The van der Waals surface area contributed by atoms with Gasteiger partial charge in [0.1, 0.15) is 11.6 Å². The number of benzene rings is 1. The van der Waals surface area contributed by atoms with Gasteiger partial charge >= 0.3 is 6.29 Å². The predicted molar refractivity (Wildman–Crippen MR) is 92.8 cm³/mol. The average Bonchev–Trinajstić information content (AvgIpc) is 3.36. The van der Waals surface area contributed by atoms with Crippen LogP contribution in [-0.2, 0) is 6.42 Å². The number of nitrogens with one attached hydrogen (secondary N) is 1. The SMILES string of the molecule is O=C(NC1=Nc2cc3c(cc2C1)OC(F)(F)O3)c1cncc(-c2ccco2)c1. The Morgan fingerprint density at radius 1 is 1.14 bits per heavy atom. The number of alkyl halides is 2. The third-order valence-corrected chi connectivity index (χ3v) is 4.28. The maximum absolute atomic E-state index is 13.1. The van der Waals surface area contributed by atoms with Crippen molar-refractivity contribution in [1.29, 1.82) is 0 Å². The van der Waals surface area contributed by atoms with Crippen molar-refractivity contribution in [2.75, 3.05) is 0 Å². The molecule has 9 heteroatoms. The summed E-state index contributed by atoms with van der Waals surface area (Å²) in [4.78, 5) is 20.9. The number of nitrogens with zero attached hydrogens (tertiary/aromatic N) is 2. The van der Waals surface area contributed by atoms with Crippen molar-refractivity contribution in [2.45, 2.75) is 12.7 Å². The lowest BCUT2D eigenvalue weighted by molar-refractivity contribution is -0.286. The standard InChI is InChI=1S/C19H11F2N3O4/c20-19(21)27-15-5-10-6-17(23-13(10)7-16(15)28-19)24-18(25)12-4-11(8-22-9-12)14-2-1-3-26-14/h1-5,7-9H,6H2,(H,23,24,25). The predicted octanol–water partition coefficient (Wildman–Crippen LogP) is 3.68. The van der Waals surface area contributed by atoms with E-state index in [1.165, 1.54) is 24.6 Å². The van der Waals surface area contributed by atoms with Gasteiger partial charge < -0.3 is 19.2 Å². The van der Waals surface area contributed by atoms with E-state index in [-0.39, 0.29) is 23.8 Å². The molecule has 5 rings (SSSR count). The highest BCUT2D eigenvalue weighted by Gasteiger charge is 2.44. The zero-order valence-electron chi connectivity index (χ0n) is 14.1. The van der Waals surface area contributed by atoms with Gasteiger partial charge in [-0.3, -0.25) is 9.78 Å². The third-order valence-electron chi connectivity index (χ3n) is 4.28. The molecule has 140 valence electrons. The number of hydrogen-bond acceptors (Lipinski definition) is 6. The van der Waals surface area contributed by atoms with Gasteiger partial charge in [-0.2, -0.15) is 0 Å². The highest BCUT2D eigenvalue weighted by atomic mass is 19.3. The van der Waals surface area contributed by atoms with Crippen molar-refractivity contribution >= 4 is 17.4 Å². The summed E-state index contributed by atoms with van der Waals surface area (Å²) in [5.41, 5.74) is 2.10. The number of amidine groups is 1. The van der Waals surface area contributed by atoms with Crippen LogP contribution < -0.4 is 14.8 Å². The smallest absolute Gasteiger partial charge is 0.464 e. The molecule has 0 spiro atoms. The molecule has 0 fully saturated rings. The van der Waals surface area contributed by atoms with Crippen molar-refractivity contribution in [2.24, 2.45) is 4.99 Å². The number of carbonyl (C=O) groups excluding carboxylic acids is 1. The molecule has 2 aliphatic heterocycles. The summed E-state index contributed by atoms with van der Waals surface area (Å²) in [7, 11) is 0. The van der Waals surface area contributed by atoms with Crippen LogP contribution in [0.25, 0.3) is 11.3 Å². The van der Waals surface area contributed by atoms with Crippen LogP contribution in [0.15, 0.2) is 58.4 Å². The molecule has 1 N–H and O–H groups in total. The topological polar surface area (TPSA) is 86.0 Å². The van der Waals surface area contributed by atoms with Crippen LogP contribution in [-0.4, -0.2) is 23.0 Å². The second-order valence-corrected chi connectivity index (χ2v) is 6.22. The second kappa shape index (κ2) is 5.88. The summed E-state index contributed by atoms with van der Waals surface area (Å²) in [6.07, 6.45) is 1.16. The number of hydrogen-bond donors (Lipinski definition) is 1. The summed E-state index contributed by atoms with van der Waals surface area (Å²) in [5.74, 6) is 0.453. The minimum Gasteiger partial charge on any atom is -0.464 e.